The van der Waals surface area contributed by atoms with Gasteiger partial charge in [0.25, 0.3) is 0 Å². The summed E-state index contributed by atoms with van der Waals surface area (Å²) in [6, 6.07) is 11.3. The van der Waals surface area contributed by atoms with E-state index in [1.165, 1.54) is 12.1 Å². The summed E-state index contributed by atoms with van der Waals surface area (Å²) in [6.45, 7) is 5.21. The lowest BCUT2D eigenvalue weighted by atomic mass is 10.1. The first-order chi connectivity index (χ1) is 19.3. The number of guanidine groups is 1. The van der Waals surface area contributed by atoms with Crippen LogP contribution in [0.3, 0.4) is 0 Å². The predicted molar refractivity (Wildman–Crippen MR) is 152 cm³/mol. The number of hydrogen-bond acceptors (Lipinski definition) is 9. The molecule has 3 rings (SSSR count). The molecule has 11 nitrogen and oxygen atoms in total. The van der Waals surface area contributed by atoms with Crippen LogP contribution in [0.25, 0.3) is 0 Å². The highest BCUT2D eigenvalue weighted by Gasteiger charge is 2.26. The Balaban J connectivity index is 1.43. The maximum atomic E-state index is 13.5. The Morgan fingerprint density at radius 2 is 1.93 bits per heavy atom. The number of carbonyl (C=O) groups is 2. The molecule has 218 valence electrons. The number of aliphatic imine (C=N–C) groups is 1. The minimum absolute atomic E-state index is 0.0374. The number of benzene rings is 2. The summed E-state index contributed by atoms with van der Waals surface area (Å²) in [6.07, 6.45) is 0.931. The molecule has 12 heteroatoms. The summed E-state index contributed by atoms with van der Waals surface area (Å²) < 4.78 is 29.6. The summed E-state index contributed by atoms with van der Waals surface area (Å²) in [5.41, 5.74) is 19.1. The quantitative estimate of drug-likeness (QED) is 0.0833. The van der Waals surface area contributed by atoms with Crippen LogP contribution in [0.2, 0.25) is 0 Å². The monoisotopic (exact) mass is 558 g/mol. The van der Waals surface area contributed by atoms with E-state index < -0.39 is 24.1 Å². The van der Waals surface area contributed by atoms with E-state index in [4.69, 9.17) is 31.4 Å². The van der Waals surface area contributed by atoms with Crippen LogP contribution >= 0.6 is 0 Å². The molecule has 0 saturated heterocycles. The molecule has 2 aromatic carbocycles. The number of fused-ring (bicyclic) bond motifs is 1. The van der Waals surface area contributed by atoms with Gasteiger partial charge in [0.1, 0.15) is 24.2 Å². The van der Waals surface area contributed by atoms with Gasteiger partial charge in [0.15, 0.2) is 12.1 Å². The second-order valence-corrected chi connectivity index (χ2v) is 9.37. The molecule has 0 saturated carbocycles. The normalized spacial score (nSPS) is 13.9. The van der Waals surface area contributed by atoms with Gasteiger partial charge in [-0.05, 0) is 56.0 Å². The summed E-state index contributed by atoms with van der Waals surface area (Å²) in [7, 11) is 0. The number of nitrogens with two attached hydrogens (primary N) is 3. The zero-order valence-electron chi connectivity index (χ0n) is 22.8. The van der Waals surface area contributed by atoms with Crippen LogP contribution in [-0.4, -0.2) is 69.4 Å². The number of hydrogen-bond donors (Lipinski definition) is 4. The summed E-state index contributed by atoms with van der Waals surface area (Å²) in [5, 5.41) is 3.39. The number of esters is 2. The first-order valence-electron chi connectivity index (χ1n) is 13.4. The molecular formula is C28H39FN6O5. The van der Waals surface area contributed by atoms with Gasteiger partial charge in [0.2, 0.25) is 0 Å². The van der Waals surface area contributed by atoms with E-state index in [0.717, 1.165) is 43.0 Å². The molecule has 40 heavy (non-hydrogen) atoms. The number of nitrogens with one attached hydrogen (secondary N) is 1. The van der Waals surface area contributed by atoms with Crippen molar-refractivity contribution in [3.63, 3.8) is 0 Å². The van der Waals surface area contributed by atoms with E-state index in [0.29, 0.717) is 25.3 Å². The second-order valence-electron chi connectivity index (χ2n) is 9.37. The smallest absolute Gasteiger partial charge is 0.343 e. The van der Waals surface area contributed by atoms with Gasteiger partial charge < -0.3 is 41.6 Å². The molecule has 0 bridgehead atoms. The molecular weight excluding hydrogens is 519 g/mol. The molecule has 2 atom stereocenters. The molecule has 0 radical (unpaired) electrons. The molecule has 1 heterocycles. The van der Waals surface area contributed by atoms with Crippen LogP contribution in [0.15, 0.2) is 47.5 Å². The van der Waals surface area contributed by atoms with Crippen LogP contribution in [0.4, 0.5) is 15.8 Å². The second kappa shape index (κ2) is 15.6. The van der Waals surface area contributed by atoms with Crippen LogP contribution in [0, 0.1) is 5.82 Å². The van der Waals surface area contributed by atoms with Gasteiger partial charge in [-0.3, -0.25) is 4.99 Å². The van der Waals surface area contributed by atoms with Crippen molar-refractivity contribution in [1.29, 1.82) is 0 Å². The van der Waals surface area contributed by atoms with E-state index in [9.17, 15) is 14.0 Å². The SMILES string of the molecule is CCOC(Cc1ccc(NCCCN2CCOc3cc(F)ccc32)cc1)C(=O)OC(=O)[C@@H](N)CCCN=C(N)N. The molecule has 0 spiro atoms. The number of carbonyl (C=O) groups excluding carboxylic acids is 2. The first kappa shape index (κ1) is 30.6. The molecule has 1 unspecified atom stereocenters. The van der Waals surface area contributed by atoms with E-state index in [2.05, 4.69) is 15.2 Å². The fourth-order valence-electron chi connectivity index (χ4n) is 4.25. The zero-order chi connectivity index (χ0) is 28.9. The Bertz CT molecular complexity index is 1140. The molecule has 1 aliphatic rings. The van der Waals surface area contributed by atoms with Crippen molar-refractivity contribution in [1.82, 2.24) is 0 Å². The fraction of sp³-hybridized carbons (Fsp3) is 0.464. The Morgan fingerprint density at radius 3 is 2.65 bits per heavy atom. The first-order valence-corrected chi connectivity index (χ1v) is 13.4. The molecule has 0 aromatic heterocycles. The number of rotatable bonds is 15. The van der Waals surface area contributed by atoms with Crippen LogP contribution in [0.5, 0.6) is 5.75 Å². The van der Waals surface area contributed by atoms with Gasteiger partial charge in [-0.15, -0.1) is 0 Å². The van der Waals surface area contributed by atoms with Crippen LogP contribution < -0.4 is 32.2 Å². The van der Waals surface area contributed by atoms with Gasteiger partial charge >= 0.3 is 11.9 Å². The highest BCUT2D eigenvalue weighted by molar-refractivity contribution is 5.90. The zero-order valence-corrected chi connectivity index (χ0v) is 22.8. The lowest BCUT2D eigenvalue weighted by Crippen LogP contribution is -2.38. The molecule has 7 N–H and O–H groups in total. The fourth-order valence-corrected chi connectivity index (χ4v) is 4.25. The molecule has 0 amide bonds. The van der Waals surface area contributed by atoms with Gasteiger partial charge in [-0.25, -0.2) is 14.0 Å². The number of nitrogens with zero attached hydrogens (tertiary/aromatic N) is 2. The maximum absolute atomic E-state index is 13.5. The highest BCUT2D eigenvalue weighted by atomic mass is 19.1. The standard InChI is InChI=1S/C28H39FN6O5/c1-2-38-25(27(37)40-26(36)22(30)5-3-12-34-28(31)32)17-19-6-9-21(10-7-19)33-13-4-14-35-15-16-39-24-18-20(29)8-11-23(24)35/h6-11,18,22,25,33H,2-5,12-17,30H2,1H3,(H4,31,32,34)/t22-,25?/m0/s1. The average molecular weight is 559 g/mol. The molecule has 1 aliphatic heterocycles. The predicted octanol–water partition coefficient (Wildman–Crippen LogP) is 1.93. The third kappa shape index (κ3) is 9.69. The van der Waals surface area contributed by atoms with Gasteiger partial charge in [-0.1, -0.05) is 12.1 Å². The number of ether oxygens (including phenoxy) is 3. The third-order valence-corrected chi connectivity index (χ3v) is 6.29. The van der Waals surface area contributed by atoms with Crippen LogP contribution in [-0.2, 0) is 25.5 Å². The van der Waals surface area contributed by atoms with Crippen molar-refractivity contribution in [2.75, 3.05) is 49.6 Å². The topological polar surface area (TPSA) is 168 Å². The van der Waals surface area contributed by atoms with Crippen molar-refractivity contribution in [2.45, 2.75) is 44.8 Å². The number of anilines is 2. The summed E-state index contributed by atoms with van der Waals surface area (Å²) >= 11 is 0. The minimum Gasteiger partial charge on any atom is -0.489 e. The number of halogens is 1. The van der Waals surface area contributed by atoms with E-state index in [1.54, 1.807) is 13.0 Å². The molecule has 0 fully saturated rings. The van der Waals surface area contributed by atoms with Crippen molar-refractivity contribution < 1.29 is 28.2 Å². The Labute approximate surface area is 233 Å². The molecule has 0 aliphatic carbocycles. The summed E-state index contributed by atoms with van der Waals surface area (Å²) in [4.78, 5) is 30.9. The lowest BCUT2D eigenvalue weighted by Gasteiger charge is -2.31. The maximum Gasteiger partial charge on any atom is 0.343 e. The van der Waals surface area contributed by atoms with Crippen molar-refractivity contribution in [3.8, 4) is 5.75 Å². The largest absolute Gasteiger partial charge is 0.489 e. The van der Waals surface area contributed by atoms with E-state index >= 15 is 0 Å². The van der Waals surface area contributed by atoms with Crippen molar-refractivity contribution in [3.05, 3.63) is 53.8 Å². The van der Waals surface area contributed by atoms with Crippen molar-refractivity contribution in [2.24, 2.45) is 22.2 Å². The summed E-state index contributed by atoms with van der Waals surface area (Å²) in [5.74, 6) is -1.35. The van der Waals surface area contributed by atoms with E-state index in [1.807, 2.05) is 24.3 Å². The van der Waals surface area contributed by atoms with Crippen molar-refractivity contribution >= 4 is 29.3 Å². The molecule has 2 aromatic rings. The Hall–Kier alpha value is -3.90. The van der Waals surface area contributed by atoms with Gasteiger partial charge in [-0.2, -0.15) is 0 Å². The lowest BCUT2D eigenvalue weighted by molar-refractivity contribution is -0.169. The third-order valence-electron chi connectivity index (χ3n) is 6.29. The minimum atomic E-state index is -0.966. The van der Waals surface area contributed by atoms with Crippen LogP contribution in [0.1, 0.15) is 31.7 Å². The highest BCUT2D eigenvalue weighted by Crippen LogP contribution is 2.32. The Morgan fingerprint density at radius 1 is 1.15 bits per heavy atom. The van der Waals surface area contributed by atoms with E-state index in [-0.39, 0.29) is 31.2 Å². The van der Waals surface area contributed by atoms with Gasteiger partial charge in [0.05, 0.1) is 12.2 Å². The average Bonchev–Trinajstić information content (AvgIpc) is 2.93. The van der Waals surface area contributed by atoms with Gasteiger partial charge in [0, 0.05) is 44.4 Å². The Kier molecular flexibility index (Phi) is 12.0.